The highest BCUT2D eigenvalue weighted by Crippen LogP contribution is 2.24. The van der Waals surface area contributed by atoms with Crippen molar-refractivity contribution >= 4 is 26.6 Å². The van der Waals surface area contributed by atoms with Crippen LogP contribution in [0.1, 0.15) is 6.42 Å². The van der Waals surface area contributed by atoms with Gasteiger partial charge in [-0.3, -0.25) is 0 Å². The van der Waals surface area contributed by atoms with Crippen LogP contribution >= 0.6 is 0 Å². The molecule has 0 radical (unpaired) electrons. The average Bonchev–Trinajstić information content (AvgIpc) is 3.10. The minimum Gasteiger partial charge on any atom is -0.355 e. The summed E-state index contributed by atoms with van der Waals surface area (Å²) in [7, 11) is -3.57. The van der Waals surface area contributed by atoms with Gasteiger partial charge < -0.3 is 4.90 Å². The Labute approximate surface area is 147 Å². The SMILES string of the molecule is O=S(=O)(N[C@@H]1CCN(c2ccccn2)C1)c1cccc2ccccc12. The summed E-state index contributed by atoms with van der Waals surface area (Å²) in [5.41, 5.74) is 0. The third-order valence-corrected chi connectivity index (χ3v) is 6.10. The van der Waals surface area contributed by atoms with Crippen molar-refractivity contribution in [3.63, 3.8) is 0 Å². The normalized spacial score (nSPS) is 17.9. The molecule has 1 aromatic heterocycles. The molecule has 3 aromatic rings. The van der Waals surface area contributed by atoms with Gasteiger partial charge in [0.2, 0.25) is 10.0 Å². The first-order valence-corrected chi connectivity index (χ1v) is 9.78. The Morgan fingerprint density at radius 1 is 1.00 bits per heavy atom. The van der Waals surface area contributed by atoms with Crippen LogP contribution in [0.2, 0.25) is 0 Å². The minimum absolute atomic E-state index is 0.119. The van der Waals surface area contributed by atoms with Crippen molar-refractivity contribution in [1.29, 1.82) is 0 Å². The fourth-order valence-electron chi connectivity index (χ4n) is 3.32. The predicted molar refractivity (Wildman–Crippen MR) is 99.1 cm³/mol. The van der Waals surface area contributed by atoms with Gasteiger partial charge in [0.15, 0.2) is 0 Å². The number of nitrogens with zero attached hydrogens (tertiary/aromatic N) is 2. The number of rotatable bonds is 4. The summed E-state index contributed by atoms with van der Waals surface area (Å²) in [4.78, 5) is 6.78. The molecule has 6 heteroatoms. The molecule has 4 rings (SSSR count). The van der Waals surface area contributed by atoms with E-state index in [1.807, 2.05) is 48.5 Å². The fraction of sp³-hybridized carbons (Fsp3) is 0.211. The van der Waals surface area contributed by atoms with Gasteiger partial charge in [-0.25, -0.2) is 18.1 Å². The Hall–Kier alpha value is -2.44. The summed E-state index contributed by atoms with van der Waals surface area (Å²) in [5.74, 6) is 0.884. The maximum Gasteiger partial charge on any atom is 0.241 e. The average molecular weight is 353 g/mol. The molecular formula is C19H19N3O2S. The van der Waals surface area contributed by atoms with Crippen molar-refractivity contribution in [2.45, 2.75) is 17.4 Å². The zero-order valence-corrected chi connectivity index (χ0v) is 14.5. The molecule has 0 spiro atoms. The molecule has 2 heterocycles. The van der Waals surface area contributed by atoms with E-state index in [0.717, 1.165) is 29.6 Å². The Bertz CT molecular complexity index is 984. The van der Waals surface area contributed by atoms with Crippen molar-refractivity contribution in [3.05, 3.63) is 66.9 Å². The van der Waals surface area contributed by atoms with Gasteiger partial charge in [-0.05, 0) is 30.0 Å². The van der Waals surface area contributed by atoms with E-state index in [-0.39, 0.29) is 6.04 Å². The molecule has 0 aliphatic carbocycles. The molecule has 0 unspecified atom stereocenters. The monoisotopic (exact) mass is 353 g/mol. The Morgan fingerprint density at radius 2 is 1.80 bits per heavy atom. The Kier molecular flexibility index (Phi) is 4.15. The molecule has 1 atom stereocenters. The molecule has 1 aliphatic heterocycles. The summed E-state index contributed by atoms with van der Waals surface area (Å²) in [6, 6.07) is 18.6. The van der Waals surface area contributed by atoms with Crippen LogP contribution in [0.3, 0.4) is 0 Å². The van der Waals surface area contributed by atoms with Crippen LogP contribution in [0.15, 0.2) is 71.8 Å². The summed E-state index contributed by atoms with van der Waals surface area (Å²) in [6.45, 7) is 1.42. The molecular weight excluding hydrogens is 334 g/mol. The summed E-state index contributed by atoms with van der Waals surface area (Å²) in [6.07, 6.45) is 2.52. The standard InChI is InChI=1S/C19H19N3O2S/c23-25(24,18-9-5-7-15-6-1-2-8-17(15)18)21-16-11-13-22(14-16)19-10-3-4-12-20-19/h1-10,12,16,21H,11,13-14H2/t16-/m1/s1. The molecule has 1 aliphatic rings. The van der Waals surface area contributed by atoms with Gasteiger partial charge in [0.05, 0.1) is 4.90 Å². The molecule has 5 nitrogen and oxygen atoms in total. The number of nitrogens with one attached hydrogen (secondary N) is 1. The molecule has 1 N–H and O–H groups in total. The Morgan fingerprint density at radius 3 is 2.64 bits per heavy atom. The number of hydrogen-bond donors (Lipinski definition) is 1. The van der Waals surface area contributed by atoms with Crippen molar-refractivity contribution in [2.75, 3.05) is 18.0 Å². The smallest absolute Gasteiger partial charge is 0.241 e. The van der Waals surface area contributed by atoms with E-state index < -0.39 is 10.0 Å². The number of pyridine rings is 1. The molecule has 0 bridgehead atoms. The number of sulfonamides is 1. The topological polar surface area (TPSA) is 62.3 Å². The van der Waals surface area contributed by atoms with Crippen molar-refractivity contribution in [1.82, 2.24) is 9.71 Å². The maximum atomic E-state index is 12.9. The molecule has 1 saturated heterocycles. The zero-order chi connectivity index (χ0) is 17.3. The van der Waals surface area contributed by atoms with Crippen LogP contribution in [0.4, 0.5) is 5.82 Å². The van der Waals surface area contributed by atoms with Gasteiger partial charge in [-0.1, -0.05) is 42.5 Å². The molecule has 0 saturated carbocycles. The van der Waals surface area contributed by atoms with E-state index in [9.17, 15) is 8.42 Å². The van der Waals surface area contributed by atoms with Gasteiger partial charge >= 0.3 is 0 Å². The second kappa shape index (κ2) is 6.46. The molecule has 128 valence electrons. The van der Waals surface area contributed by atoms with Crippen LogP contribution in [-0.2, 0) is 10.0 Å². The summed E-state index contributed by atoms with van der Waals surface area (Å²) < 4.78 is 28.7. The predicted octanol–water partition coefficient (Wildman–Crippen LogP) is 2.79. The van der Waals surface area contributed by atoms with Gasteiger partial charge in [-0.15, -0.1) is 0 Å². The first-order valence-electron chi connectivity index (χ1n) is 8.29. The van der Waals surface area contributed by atoms with Crippen LogP contribution in [0.25, 0.3) is 10.8 Å². The van der Waals surface area contributed by atoms with Crippen molar-refractivity contribution in [3.8, 4) is 0 Å². The highest BCUT2D eigenvalue weighted by molar-refractivity contribution is 7.89. The third kappa shape index (κ3) is 3.23. The first-order chi connectivity index (χ1) is 12.1. The van der Waals surface area contributed by atoms with E-state index in [4.69, 9.17) is 0 Å². The highest BCUT2D eigenvalue weighted by atomic mass is 32.2. The van der Waals surface area contributed by atoms with Crippen LogP contribution in [0.5, 0.6) is 0 Å². The number of benzene rings is 2. The molecule has 2 aromatic carbocycles. The lowest BCUT2D eigenvalue weighted by atomic mass is 10.1. The Balaban J connectivity index is 1.56. The van der Waals surface area contributed by atoms with Crippen molar-refractivity contribution in [2.24, 2.45) is 0 Å². The molecule has 1 fully saturated rings. The van der Waals surface area contributed by atoms with E-state index in [1.54, 1.807) is 18.3 Å². The van der Waals surface area contributed by atoms with Gasteiger partial charge in [0, 0.05) is 30.7 Å². The van der Waals surface area contributed by atoms with Crippen LogP contribution in [0, 0.1) is 0 Å². The molecule has 25 heavy (non-hydrogen) atoms. The maximum absolute atomic E-state index is 12.9. The van der Waals surface area contributed by atoms with Gasteiger partial charge in [-0.2, -0.15) is 0 Å². The number of fused-ring (bicyclic) bond motifs is 1. The lowest BCUT2D eigenvalue weighted by molar-refractivity contribution is 0.562. The number of aromatic nitrogens is 1. The fourth-order valence-corrected chi connectivity index (χ4v) is 4.81. The second-order valence-corrected chi connectivity index (χ2v) is 7.90. The summed E-state index contributed by atoms with van der Waals surface area (Å²) >= 11 is 0. The highest BCUT2D eigenvalue weighted by Gasteiger charge is 2.28. The van der Waals surface area contributed by atoms with Crippen molar-refractivity contribution < 1.29 is 8.42 Å². The number of hydrogen-bond acceptors (Lipinski definition) is 4. The largest absolute Gasteiger partial charge is 0.355 e. The van der Waals surface area contributed by atoms with E-state index in [2.05, 4.69) is 14.6 Å². The second-order valence-electron chi connectivity index (χ2n) is 6.22. The van der Waals surface area contributed by atoms with E-state index in [0.29, 0.717) is 11.4 Å². The van der Waals surface area contributed by atoms with Crippen LogP contribution in [-0.4, -0.2) is 32.5 Å². The third-order valence-electron chi connectivity index (χ3n) is 4.52. The first kappa shape index (κ1) is 16.1. The number of anilines is 1. The zero-order valence-electron chi connectivity index (χ0n) is 13.7. The quantitative estimate of drug-likeness (QED) is 0.783. The van der Waals surface area contributed by atoms with Gasteiger partial charge in [0.25, 0.3) is 0 Å². The molecule has 0 amide bonds. The van der Waals surface area contributed by atoms with E-state index >= 15 is 0 Å². The lowest BCUT2D eigenvalue weighted by Crippen LogP contribution is -2.37. The minimum atomic E-state index is -3.57. The lowest BCUT2D eigenvalue weighted by Gasteiger charge is -2.18. The summed E-state index contributed by atoms with van der Waals surface area (Å²) in [5, 5.41) is 1.67. The van der Waals surface area contributed by atoms with Gasteiger partial charge in [0.1, 0.15) is 5.82 Å². The van der Waals surface area contributed by atoms with Crippen LogP contribution < -0.4 is 9.62 Å². The van der Waals surface area contributed by atoms with E-state index in [1.165, 1.54) is 0 Å².